The molecule has 494 valence electrons. The van der Waals surface area contributed by atoms with Gasteiger partial charge in [-0.25, -0.2) is 14.4 Å². The molecule has 20 nitrogen and oxygen atoms in total. The number of aromatic nitrogens is 4. The van der Waals surface area contributed by atoms with Crippen molar-refractivity contribution in [3.63, 3.8) is 0 Å². The standard InChI is InChI=1S/C22H25N3O2.C15H18N2O3.C15H17NO3.C14H16N2O3.C8H11N/c1-14-7-6-8-20(15(14)2)23-22(26)19-11-9-18(10-12-19)13-25(5)21-16(3)24-27-17(21)4;1-10-14(11(2)20-16-10)17(3)9-12-5-7-13(8-6-12)15(18)19-4;1-10-14(11(2)19-16-10)9-6-12-4-7-13(8-5-12)15(17)18-3;1-9-13(10(2)19-15-9)16(3)8-11-4-6-12(7-5-11)14(17)18;1-6-4-3-5-8(9)7(6)2/h6-12H,13H2,1-5H3,(H,23,26);5-8H,9H2,1-4H3;4-5,7-8H,6,9H2,1-3H3;4-7H,8H2,1-3H3,(H,17,18);3-5H,9H2,1-2H3. The zero-order valence-electron chi connectivity index (χ0n) is 57.0. The number of nitrogens with one attached hydrogen (secondary N) is 1. The van der Waals surface area contributed by atoms with Crippen LogP contribution in [-0.2, 0) is 41.9 Å². The lowest BCUT2D eigenvalue weighted by atomic mass is 10.0. The molecular formula is C74H87N9O11. The van der Waals surface area contributed by atoms with Gasteiger partial charge >= 0.3 is 17.9 Å². The summed E-state index contributed by atoms with van der Waals surface area (Å²) in [5.41, 5.74) is 26.2. The van der Waals surface area contributed by atoms with Gasteiger partial charge in [0, 0.05) is 63.3 Å². The minimum absolute atomic E-state index is 0.102. The highest BCUT2D eigenvalue weighted by Crippen LogP contribution is 2.28. The highest BCUT2D eigenvalue weighted by Gasteiger charge is 2.18. The summed E-state index contributed by atoms with van der Waals surface area (Å²) >= 11 is 0. The van der Waals surface area contributed by atoms with Gasteiger partial charge in [0.1, 0.15) is 39.9 Å². The molecule has 4 heterocycles. The Morgan fingerprint density at radius 3 is 1.13 bits per heavy atom. The fraction of sp³-hybridized carbons (Fsp3) is 0.297. The normalized spacial score (nSPS) is 10.4. The molecule has 0 bridgehead atoms. The Kier molecular flexibility index (Phi) is 26.2. The molecule has 4 aromatic heterocycles. The third-order valence-electron chi connectivity index (χ3n) is 15.9. The summed E-state index contributed by atoms with van der Waals surface area (Å²) in [4.78, 5) is 52.2. The van der Waals surface area contributed by atoms with E-state index in [1.54, 1.807) is 36.4 Å². The Bertz CT molecular complexity index is 4030. The molecular weight excluding hydrogens is 1190 g/mol. The van der Waals surface area contributed by atoms with Gasteiger partial charge in [0.2, 0.25) is 0 Å². The molecule has 0 fully saturated rings. The van der Waals surface area contributed by atoms with Gasteiger partial charge in [0.15, 0.2) is 17.3 Å². The zero-order chi connectivity index (χ0) is 68.9. The van der Waals surface area contributed by atoms with Crippen molar-refractivity contribution in [1.82, 2.24) is 20.6 Å². The van der Waals surface area contributed by atoms with Crippen LogP contribution in [0, 0.1) is 83.1 Å². The van der Waals surface area contributed by atoms with Crippen molar-refractivity contribution >= 4 is 52.3 Å². The van der Waals surface area contributed by atoms with Gasteiger partial charge in [-0.3, -0.25) is 4.79 Å². The number of hydrogen-bond donors (Lipinski definition) is 3. The number of carboxylic acids is 1. The summed E-state index contributed by atoms with van der Waals surface area (Å²) < 4.78 is 30.0. The number of carboxylic acid groups (broad SMARTS) is 1. The number of rotatable bonds is 17. The lowest BCUT2D eigenvalue weighted by Gasteiger charge is -2.19. The lowest BCUT2D eigenvalue weighted by molar-refractivity contribution is 0.0592. The maximum absolute atomic E-state index is 12.5. The number of esters is 2. The van der Waals surface area contributed by atoms with E-state index in [2.05, 4.69) is 58.2 Å². The van der Waals surface area contributed by atoms with Crippen molar-refractivity contribution in [2.75, 3.05) is 61.1 Å². The topological polar surface area (TPSA) is 259 Å². The minimum atomic E-state index is -0.911. The van der Waals surface area contributed by atoms with E-state index < -0.39 is 5.97 Å². The second-order valence-corrected chi connectivity index (χ2v) is 23.0. The fourth-order valence-electron chi connectivity index (χ4n) is 10.4. The van der Waals surface area contributed by atoms with Crippen LogP contribution >= 0.6 is 0 Å². The summed E-state index contributed by atoms with van der Waals surface area (Å²) in [6.07, 6.45) is 1.78. The number of carbonyl (C=O) groups is 4. The minimum Gasteiger partial charge on any atom is -0.478 e. The Hall–Kier alpha value is -10.8. The number of ether oxygens (including phenoxy) is 2. The maximum Gasteiger partial charge on any atom is 0.337 e. The molecule has 0 atom stereocenters. The summed E-state index contributed by atoms with van der Waals surface area (Å²) in [5.74, 6) is 1.62. The van der Waals surface area contributed by atoms with Crippen LogP contribution in [0.5, 0.6) is 0 Å². The van der Waals surface area contributed by atoms with Gasteiger partial charge < -0.3 is 58.4 Å². The quantitative estimate of drug-likeness (QED) is 0.0565. The third-order valence-corrected chi connectivity index (χ3v) is 15.9. The third kappa shape index (κ3) is 19.9. The zero-order valence-corrected chi connectivity index (χ0v) is 57.0. The Morgan fingerprint density at radius 1 is 0.436 bits per heavy atom. The Morgan fingerprint density at radius 2 is 0.787 bits per heavy atom. The summed E-state index contributed by atoms with van der Waals surface area (Å²) in [6, 6.07) is 41.2. The van der Waals surface area contributed by atoms with Crippen LogP contribution in [0.1, 0.15) is 137 Å². The Balaban J connectivity index is 0.000000192. The van der Waals surface area contributed by atoms with Crippen molar-refractivity contribution in [3.05, 3.63) is 252 Å². The number of nitrogens with zero attached hydrogens (tertiary/aromatic N) is 7. The molecule has 1 amide bonds. The van der Waals surface area contributed by atoms with Gasteiger partial charge in [-0.2, -0.15) is 0 Å². The molecule has 10 aromatic rings. The number of methoxy groups -OCH3 is 2. The first-order valence-electron chi connectivity index (χ1n) is 30.5. The summed E-state index contributed by atoms with van der Waals surface area (Å²) in [5, 5.41) is 27.7. The SMILES string of the molecule is COC(=O)c1ccc(CCc2c(C)noc2C)cc1.COC(=O)c1ccc(CN(C)c2c(C)noc2C)cc1.Cc1cccc(N)c1C.Cc1cccc(NC(=O)c2ccc(CN(C)c3c(C)noc3C)cc2)c1C.Cc1noc(C)c1N(C)Cc1ccc(C(=O)O)cc1. The van der Waals surface area contributed by atoms with Crippen LogP contribution in [0.4, 0.5) is 28.4 Å². The van der Waals surface area contributed by atoms with E-state index in [1.165, 1.54) is 30.9 Å². The molecule has 6 aromatic carbocycles. The molecule has 0 aliphatic rings. The van der Waals surface area contributed by atoms with Crippen LogP contribution < -0.4 is 25.8 Å². The van der Waals surface area contributed by atoms with Crippen molar-refractivity contribution in [2.24, 2.45) is 0 Å². The maximum atomic E-state index is 12.5. The van der Waals surface area contributed by atoms with E-state index in [0.29, 0.717) is 41.9 Å². The number of nitrogen functional groups attached to an aromatic ring is 1. The average Bonchev–Trinajstić information content (AvgIpc) is 1.87. The van der Waals surface area contributed by atoms with E-state index in [1.807, 2.05) is 193 Å². The highest BCUT2D eigenvalue weighted by atomic mass is 16.5. The number of benzene rings is 6. The first-order chi connectivity index (χ1) is 44.7. The monoisotopic (exact) mass is 1280 g/mol. The molecule has 0 aliphatic carbocycles. The number of anilines is 5. The van der Waals surface area contributed by atoms with Crippen LogP contribution in [0.15, 0.2) is 152 Å². The number of amides is 1. The number of aryl methyl sites for hydroxylation is 11. The van der Waals surface area contributed by atoms with Gasteiger partial charge in [0.25, 0.3) is 5.91 Å². The van der Waals surface area contributed by atoms with Crippen molar-refractivity contribution in [3.8, 4) is 0 Å². The molecule has 0 radical (unpaired) electrons. The number of nitrogens with two attached hydrogens (primary N) is 1. The molecule has 0 saturated heterocycles. The summed E-state index contributed by atoms with van der Waals surface area (Å²) in [6.45, 7) is 25.5. The molecule has 4 N–H and O–H groups in total. The van der Waals surface area contributed by atoms with Crippen molar-refractivity contribution in [2.45, 2.75) is 116 Å². The van der Waals surface area contributed by atoms with Gasteiger partial charge in [-0.1, -0.05) is 93.4 Å². The number of carbonyl (C=O) groups excluding carboxylic acids is 3. The van der Waals surface area contributed by atoms with Gasteiger partial charge in [-0.05, 0) is 201 Å². The number of hydrogen-bond acceptors (Lipinski definition) is 18. The average molecular weight is 1280 g/mol. The molecule has 20 heteroatoms. The van der Waals surface area contributed by atoms with E-state index in [0.717, 1.165) is 120 Å². The second kappa shape index (κ2) is 34.1. The van der Waals surface area contributed by atoms with E-state index in [4.69, 9.17) is 28.9 Å². The second-order valence-electron chi connectivity index (χ2n) is 23.0. The first kappa shape index (κ1) is 72.3. The Labute approximate surface area is 550 Å². The van der Waals surface area contributed by atoms with E-state index in [9.17, 15) is 19.2 Å². The molecule has 0 unspecified atom stereocenters. The molecule has 0 spiro atoms. The molecule has 0 saturated carbocycles. The number of aromatic carboxylic acids is 1. The van der Waals surface area contributed by atoms with Crippen LogP contribution in [-0.4, -0.2) is 84.9 Å². The molecule has 0 aliphatic heterocycles. The van der Waals surface area contributed by atoms with Crippen molar-refractivity contribution < 1.29 is 51.9 Å². The smallest absolute Gasteiger partial charge is 0.337 e. The largest absolute Gasteiger partial charge is 0.478 e. The first-order valence-corrected chi connectivity index (χ1v) is 30.5. The molecule has 10 rings (SSSR count). The highest BCUT2D eigenvalue weighted by molar-refractivity contribution is 6.04. The van der Waals surface area contributed by atoms with Crippen LogP contribution in [0.25, 0.3) is 0 Å². The molecule has 94 heavy (non-hydrogen) atoms. The predicted molar refractivity (Wildman–Crippen MR) is 367 cm³/mol. The fourth-order valence-corrected chi connectivity index (χ4v) is 10.4. The van der Waals surface area contributed by atoms with Gasteiger partial charge in [0.05, 0.1) is 36.6 Å². The lowest BCUT2D eigenvalue weighted by Crippen LogP contribution is -2.18. The van der Waals surface area contributed by atoms with E-state index >= 15 is 0 Å². The van der Waals surface area contributed by atoms with Crippen molar-refractivity contribution in [1.29, 1.82) is 0 Å². The van der Waals surface area contributed by atoms with Crippen LogP contribution in [0.2, 0.25) is 0 Å². The van der Waals surface area contributed by atoms with Crippen LogP contribution in [0.3, 0.4) is 0 Å². The van der Waals surface area contributed by atoms with Gasteiger partial charge in [-0.15, -0.1) is 0 Å². The summed E-state index contributed by atoms with van der Waals surface area (Å²) in [7, 11) is 8.71. The van der Waals surface area contributed by atoms with E-state index in [-0.39, 0.29) is 17.8 Å². The predicted octanol–water partition coefficient (Wildman–Crippen LogP) is 14.9.